The fourth-order valence-electron chi connectivity index (χ4n) is 1.64. The molecule has 90 valence electrons. The predicted octanol–water partition coefficient (Wildman–Crippen LogP) is 1.72. The summed E-state index contributed by atoms with van der Waals surface area (Å²) < 4.78 is 5.45. The van der Waals surface area contributed by atoms with Gasteiger partial charge in [0.15, 0.2) is 11.5 Å². The number of aromatic nitrogens is 1. The summed E-state index contributed by atoms with van der Waals surface area (Å²) in [7, 11) is 0. The second kappa shape index (κ2) is 5.23. The normalized spacial score (nSPS) is 10.7. The molecule has 1 heterocycles. The number of aryl methyl sites for hydroxylation is 1. The molecule has 0 bridgehead atoms. The molecule has 0 aliphatic heterocycles. The first-order valence-corrected chi connectivity index (χ1v) is 6.06. The number of thiol groups is 1. The minimum atomic E-state index is -0.0510. The van der Waals surface area contributed by atoms with Crippen LogP contribution in [0.1, 0.15) is 11.5 Å². The average molecular weight is 250 g/mol. The molecule has 1 aromatic carbocycles. The number of carbonyl (C=O) groups excluding carboxylic acids is 1. The Morgan fingerprint density at radius 2 is 2.35 bits per heavy atom. The van der Waals surface area contributed by atoms with E-state index in [-0.39, 0.29) is 11.7 Å². The molecule has 0 fully saturated rings. The topological polar surface area (TPSA) is 55.1 Å². The molecule has 0 spiro atoms. The van der Waals surface area contributed by atoms with E-state index >= 15 is 0 Å². The van der Waals surface area contributed by atoms with Crippen molar-refractivity contribution in [2.75, 3.05) is 12.3 Å². The number of oxazole rings is 1. The van der Waals surface area contributed by atoms with Crippen molar-refractivity contribution in [1.29, 1.82) is 0 Å². The van der Waals surface area contributed by atoms with Crippen LogP contribution in [0.5, 0.6) is 0 Å². The van der Waals surface area contributed by atoms with Crippen LogP contribution in [-0.2, 0) is 11.2 Å². The van der Waals surface area contributed by atoms with E-state index in [1.54, 1.807) is 0 Å². The number of nitrogens with one attached hydrogen (secondary N) is 1. The lowest BCUT2D eigenvalue weighted by atomic mass is 10.1. The standard InChI is InChI=1S/C12H14N2O2S/c1-8-14-10-3-2-9(6-11(10)16-8)4-5-13-12(15)7-17/h2-3,6,17H,4-5,7H2,1H3,(H,13,15). The maximum absolute atomic E-state index is 11.0. The van der Waals surface area contributed by atoms with Crippen LogP contribution in [0, 0.1) is 6.92 Å². The first kappa shape index (κ1) is 12.0. The number of nitrogens with zero attached hydrogens (tertiary/aromatic N) is 1. The smallest absolute Gasteiger partial charge is 0.229 e. The third kappa shape index (κ3) is 3.00. The molecule has 0 unspecified atom stereocenters. The van der Waals surface area contributed by atoms with Crippen molar-refractivity contribution in [2.45, 2.75) is 13.3 Å². The van der Waals surface area contributed by atoms with E-state index in [0.717, 1.165) is 23.1 Å². The third-order valence-corrected chi connectivity index (χ3v) is 2.73. The van der Waals surface area contributed by atoms with Gasteiger partial charge in [-0.15, -0.1) is 0 Å². The minimum absolute atomic E-state index is 0.0510. The Bertz CT molecular complexity index is 536. The second-order valence-electron chi connectivity index (χ2n) is 3.79. The van der Waals surface area contributed by atoms with Gasteiger partial charge in [-0.25, -0.2) is 4.98 Å². The molecule has 0 saturated heterocycles. The monoisotopic (exact) mass is 250 g/mol. The van der Waals surface area contributed by atoms with Gasteiger partial charge in [0.2, 0.25) is 5.91 Å². The SMILES string of the molecule is Cc1nc2ccc(CCNC(=O)CS)cc2o1. The van der Waals surface area contributed by atoms with Crippen LogP contribution < -0.4 is 5.32 Å². The fraction of sp³-hybridized carbons (Fsp3) is 0.333. The van der Waals surface area contributed by atoms with Gasteiger partial charge in [-0.05, 0) is 24.1 Å². The quantitative estimate of drug-likeness (QED) is 0.812. The van der Waals surface area contributed by atoms with E-state index in [1.165, 1.54) is 0 Å². The Hall–Kier alpha value is -1.49. The average Bonchev–Trinajstić information content (AvgIpc) is 2.68. The molecule has 0 saturated carbocycles. The Labute approximate surface area is 105 Å². The van der Waals surface area contributed by atoms with E-state index < -0.39 is 0 Å². The van der Waals surface area contributed by atoms with Crippen LogP contribution in [0.25, 0.3) is 11.1 Å². The highest BCUT2D eigenvalue weighted by Gasteiger charge is 2.03. The van der Waals surface area contributed by atoms with E-state index in [1.807, 2.05) is 25.1 Å². The molecule has 0 radical (unpaired) electrons. The van der Waals surface area contributed by atoms with Gasteiger partial charge in [-0.2, -0.15) is 12.6 Å². The molecular formula is C12H14N2O2S. The van der Waals surface area contributed by atoms with Crippen molar-refractivity contribution in [3.8, 4) is 0 Å². The highest BCUT2D eigenvalue weighted by molar-refractivity contribution is 7.81. The number of hydrogen-bond acceptors (Lipinski definition) is 4. The molecule has 17 heavy (non-hydrogen) atoms. The van der Waals surface area contributed by atoms with Crippen LogP contribution in [0.4, 0.5) is 0 Å². The Kier molecular flexibility index (Phi) is 3.68. The van der Waals surface area contributed by atoms with E-state index in [0.29, 0.717) is 12.4 Å². The molecule has 1 amide bonds. The van der Waals surface area contributed by atoms with E-state index in [9.17, 15) is 4.79 Å². The highest BCUT2D eigenvalue weighted by Crippen LogP contribution is 2.16. The molecular weight excluding hydrogens is 236 g/mol. The van der Waals surface area contributed by atoms with Gasteiger partial charge in [0.05, 0.1) is 5.75 Å². The van der Waals surface area contributed by atoms with Crippen molar-refractivity contribution in [2.24, 2.45) is 0 Å². The first-order valence-electron chi connectivity index (χ1n) is 5.42. The lowest BCUT2D eigenvalue weighted by molar-refractivity contribution is -0.118. The Balaban J connectivity index is 2.01. The van der Waals surface area contributed by atoms with E-state index in [4.69, 9.17) is 4.42 Å². The number of rotatable bonds is 4. The number of amides is 1. The first-order chi connectivity index (χ1) is 8.19. The van der Waals surface area contributed by atoms with Gasteiger partial charge in [0, 0.05) is 13.5 Å². The van der Waals surface area contributed by atoms with Crippen molar-refractivity contribution in [1.82, 2.24) is 10.3 Å². The molecule has 0 atom stereocenters. The maximum atomic E-state index is 11.0. The largest absolute Gasteiger partial charge is 0.441 e. The number of fused-ring (bicyclic) bond motifs is 1. The summed E-state index contributed by atoms with van der Waals surface area (Å²) in [6.45, 7) is 2.44. The summed E-state index contributed by atoms with van der Waals surface area (Å²) in [5.74, 6) is 0.839. The van der Waals surface area contributed by atoms with Gasteiger partial charge in [-0.1, -0.05) is 6.07 Å². The van der Waals surface area contributed by atoms with Crippen LogP contribution in [0.15, 0.2) is 22.6 Å². The molecule has 4 nitrogen and oxygen atoms in total. The lowest BCUT2D eigenvalue weighted by Gasteiger charge is -2.03. The molecule has 1 N–H and O–H groups in total. The zero-order chi connectivity index (χ0) is 12.3. The summed E-state index contributed by atoms with van der Waals surface area (Å²) in [5, 5.41) is 2.77. The van der Waals surface area contributed by atoms with Crippen molar-refractivity contribution >= 4 is 29.6 Å². The Morgan fingerprint density at radius 3 is 3.12 bits per heavy atom. The van der Waals surface area contributed by atoms with Gasteiger partial charge in [0.1, 0.15) is 5.52 Å². The Morgan fingerprint density at radius 1 is 1.53 bits per heavy atom. The summed E-state index contributed by atoms with van der Waals surface area (Å²) in [4.78, 5) is 15.2. The zero-order valence-electron chi connectivity index (χ0n) is 9.56. The summed E-state index contributed by atoms with van der Waals surface area (Å²) in [5.41, 5.74) is 2.78. The number of benzene rings is 1. The zero-order valence-corrected chi connectivity index (χ0v) is 10.5. The molecule has 0 aliphatic rings. The number of carbonyl (C=O) groups is 1. The summed E-state index contributed by atoms with van der Waals surface area (Å²) in [6, 6.07) is 5.89. The van der Waals surface area contributed by atoms with Crippen molar-refractivity contribution in [3.05, 3.63) is 29.7 Å². The lowest BCUT2D eigenvalue weighted by Crippen LogP contribution is -2.26. The number of hydrogen-bond donors (Lipinski definition) is 2. The maximum Gasteiger partial charge on any atom is 0.229 e. The predicted molar refractivity (Wildman–Crippen MR) is 69.3 cm³/mol. The molecule has 2 aromatic rings. The van der Waals surface area contributed by atoms with Crippen LogP contribution >= 0.6 is 12.6 Å². The summed E-state index contributed by atoms with van der Waals surface area (Å²) >= 11 is 3.89. The highest BCUT2D eigenvalue weighted by atomic mass is 32.1. The molecule has 2 rings (SSSR count). The van der Waals surface area contributed by atoms with Crippen molar-refractivity contribution < 1.29 is 9.21 Å². The third-order valence-electron chi connectivity index (χ3n) is 2.44. The van der Waals surface area contributed by atoms with Crippen molar-refractivity contribution in [3.63, 3.8) is 0 Å². The van der Waals surface area contributed by atoms with Crippen LogP contribution in [-0.4, -0.2) is 23.2 Å². The summed E-state index contributed by atoms with van der Waals surface area (Å²) in [6.07, 6.45) is 0.773. The second-order valence-corrected chi connectivity index (χ2v) is 4.11. The van der Waals surface area contributed by atoms with Gasteiger partial charge in [0.25, 0.3) is 0 Å². The fourth-order valence-corrected chi connectivity index (χ4v) is 1.75. The van der Waals surface area contributed by atoms with Gasteiger partial charge in [-0.3, -0.25) is 4.79 Å². The molecule has 1 aromatic heterocycles. The molecule has 5 heteroatoms. The molecule has 0 aliphatic carbocycles. The minimum Gasteiger partial charge on any atom is -0.441 e. The van der Waals surface area contributed by atoms with Crippen LogP contribution in [0.2, 0.25) is 0 Å². The van der Waals surface area contributed by atoms with Crippen LogP contribution in [0.3, 0.4) is 0 Å². The van der Waals surface area contributed by atoms with Gasteiger partial charge >= 0.3 is 0 Å². The van der Waals surface area contributed by atoms with E-state index in [2.05, 4.69) is 22.9 Å². The van der Waals surface area contributed by atoms with Gasteiger partial charge < -0.3 is 9.73 Å².